The molecule has 2 aliphatic rings. The molecule has 1 fully saturated rings. The van der Waals surface area contributed by atoms with Crippen molar-refractivity contribution in [2.24, 2.45) is 0 Å². The first-order valence-electron chi connectivity index (χ1n) is 9.31. The molecule has 0 bridgehead atoms. The minimum atomic E-state index is -1.42. The van der Waals surface area contributed by atoms with Crippen molar-refractivity contribution in [1.29, 1.82) is 0 Å². The van der Waals surface area contributed by atoms with Gasteiger partial charge in [0, 0.05) is 12.1 Å². The van der Waals surface area contributed by atoms with Gasteiger partial charge >= 0.3 is 0 Å². The summed E-state index contributed by atoms with van der Waals surface area (Å²) in [5.41, 5.74) is 2.32. The van der Waals surface area contributed by atoms with Gasteiger partial charge < -0.3 is 19.1 Å². The molecule has 0 atom stereocenters. The number of aryl methyl sites for hydroxylation is 1. The Bertz CT molecular complexity index is 896. The van der Waals surface area contributed by atoms with E-state index in [9.17, 15) is 4.79 Å². The van der Waals surface area contributed by atoms with E-state index in [1.807, 2.05) is 31.2 Å². The van der Waals surface area contributed by atoms with Gasteiger partial charge in [-0.25, -0.2) is 0 Å². The van der Waals surface area contributed by atoms with Crippen LogP contribution in [-0.4, -0.2) is 32.3 Å². The van der Waals surface area contributed by atoms with Crippen LogP contribution in [0.2, 0.25) is 10.0 Å². The standard InChI is InChI=1S/C21H21Cl2NO4/c1-14-5-2-6-15(13-14)26-10-3-9-24-19-16(7-8-17(22)18(19)23)21(20(24)25)27-11-4-12-28-21/h2,5-8,13H,3-4,9-12H2,1H3. The van der Waals surface area contributed by atoms with Gasteiger partial charge in [-0.1, -0.05) is 35.3 Å². The van der Waals surface area contributed by atoms with E-state index >= 15 is 0 Å². The fraction of sp³-hybridized carbons (Fsp3) is 0.381. The second kappa shape index (κ2) is 7.91. The lowest BCUT2D eigenvalue weighted by molar-refractivity contribution is -0.256. The van der Waals surface area contributed by atoms with Crippen LogP contribution in [-0.2, 0) is 20.1 Å². The van der Waals surface area contributed by atoms with Gasteiger partial charge in [0.1, 0.15) is 5.75 Å². The predicted molar refractivity (Wildman–Crippen MR) is 108 cm³/mol. The molecule has 0 unspecified atom stereocenters. The third kappa shape index (κ3) is 3.37. The number of carbonyl (C=O) groups is 1. The normalized spacial score (nSPS) is 17.8. The molecule has 0 aliphatic carbocycles. The number of ether oxygens (including phenoxy) is 3. The number of anilines is 1. The number of amides is 1. The first kappa shape index (κ1) is 19.5. The number of rotatable bonds is 5. The fourth-order valence-corrected chi connectivity index (χ4v) is 4.03. The summed E-state index contributed by atoms with van der Waals surface area (Å²) in [6.45, 7) is 3.81. The van der Waals surface area contributed by atoms with Crippen molar-refractivity contribution in [2.45, 2.75) is 25.6 Å². The second-order valence-corrected chi connectivity index (χ2v) is 7.69. The third-order valence-corrected chi connectivity index (χ3v) is 5.70. The molecule has 4 rings (SSSR count). The van der Waals surface area contributed by atoms with Crippen molar-refractivity contribution in [1.82, 2.24) is 0 Å². The second-order valence-electron chi connectivity index (χ2n) is 6.90. The van der Waals surface area contributed by atoms with Crippen LogP contribution in [0, 0.1) is 6.92 Å². The van der Waals surface area contributed by atoms with Crippen LogP contribution in [0.1, 0.15) is 24.0 Å². The molecule has 28 heavy (non-hydrogen) atoms. The Morgan fingerprint density at radius 2 is 1.96 bits per heavy atom. The molecule has 148 valence electrons. The number of benzene rings is 2. The molecule has 2 aliphatic heterocycles. The maximum absolute atomic E-state index is 13.2. The molecule has 0 aromatic heterocycles. The average Bonchev–Trinajstić information content (AvgIpc) is 2.91. The van der Waals surface area contributed by atoms with Crippen LogP contribution < -0.4 is 9.64 Å². The van der Waals surface area contributed by atoms with Crippen LogP contribution in [0.15, 0.2) is 36.4 Å². The third-order valence-electron chi connectivity index (χ3n) is 4.90. The molecule has 2 aromatic rings. The Labute approximate surface area is 174 Å². The first-order valence-corrected chi connectivity index (χ1v) is 10.1. The SMILES string of the molecule is Cc1cccc(OCCCN2C(=O)C3(OCCCO3)c3ccc(Cl)c(Cl)c32)c1. The number of nitrogens with zero attached hydrogens (tertiary/aromatic N) is 1. The van der Waals surface area contributed by atoms with Crippen LogP contribution in [0.4, 0.5) is 5.69 Å². The smallest absolute Gasteiger partial charge is 0.292 e. The molecular weight excluding hydrogens is 401 g/mol. The zero-order valence-electron chi connectivity index (χ0n) is 15.5. The van der Waals surface area contributed by atoms with Crippen molar-refractivity contribution in [3.05, 3.63) is 57.6 Å². The summed E-state index contributed by atoms with van der Waals surface area (Å²) in [6, 6.07) is 11.3. The Morgan fingerprint density at radius 3 is 2.71 bits per heavy atom. The van der Waals surface area contributed by atoms with E-state index in [-0.39, 0.29) is 5.91 Å². The zero-order valence-corrected chi connectivity index (χ0v) is 17.1. The number of halogens is 2. The Kier molecular flexibility index (Phi) is 5.52. The first-order chi connectivity index (χ1) is 13.5. The summed E-state index contributed by atoms with van der Waals surface area (Å²) < 4.78 is 17.5. The molecule has 0 N–H and O–H groups in total. The van der Waals surface area contributed by atoms with E-state index < -0.39 is 5.79 Å². The minimum Gasteiger partial charge on any atom is -0.494 e. The molecular formula is C21H21Cl2NO4. The van der Waals surface area contributed by atoms with Gasteiger partial charge in [0.2, 0.25) is 0 Å². The molecule has 1 amide bonds. The van der Waals surface area contributed by atoms with Crippen molar-refractivity contribution < 1.29 is 19.0 Å². The number of fused-ring (bicyclic) bond motifs is 2. The van der Waals surface area contributed by atoms with Crippen LogP contribution in [0.25, 0.3) is 0 Å². The van der Waals surface area contributed by atoms with Crippen LogP contribution in [0.5, 0.6) is 5.75 Å². The summed E-state index contributed by atoms with van der Waals surface area (Å²) in [5, 5.41) is 0.726. The van der Waals surface area contributed by atoms with Crippen molar-refractivity contribution in [3.63, 3.8) is 0 Å². The number of hydrogen-bond donors (Lipinski definition) is 0. The minimum absolute atomic E-state index is 0.262. The van der Waals surface area contributed by atoms with E-state index in [1.165, 1.54) is 0 Å². The Balaban J connectivity index is 1.52. The predicted octanol–water partition coefficient (Wildman–Crippen LogP) is 4.71. The van der Waals surface area contributed by atoms with Gasteiger partial charge in [-0.05, 0) is 49.6 Å². The lowest BCUT2D eigenvalue weighted by Crippen LogP contribution is -2.47. The summed E-state index contributed by atoms with van der Waals surface area (Å²) in [5.74, 6) is -0.870. The Morgan fingerprint density at radius 1 is 1.18 bits per heavy atom. The van der Waals surface area contributed by atoms with Gasteiger partial charge in [-0.3, -0.25) is 4.79 Å². The van der Waals surface area contributed by atoms with E-state index in [2.05, 4.69) is 0 Å². The molecule has 0 saturated carbocycles. The van der Waals surface area contributed by atoms with Crippen molar-refractivity contribution >= 4 is 34.8 Å². The topological polar surface area (TPSA) is 48.0 Å². The molecule has 2 heterocycles. The summed E-state index contributed by atoms with van der Waals surface area (Å²) in [7, 11) is 0. The monoisotopic (exact) mass is 421 g/mol. The summed E-state index contributed by atoms with van der Waals surface area (Å²) >= 11 is 12.7. The highest BCUT2D eigenvalue weighted by Gasteiger charge is 2.55. The lowest BCUT2D eigenvalue weighted by atomic mass is 10.1. The maximum atomic E-state index is 13.2. The number of hydrogen-bond acceptors (Lipinski definition) is 4. The highest BCUT2D eigenvalue weighted by molar-refractivity contribution is 6.44. The summed E-state index contributed by atoms with van der Waals surface area (Å²) in [6.07, 6.45) is 1.37. The highest BCUT2D eigenvalue weighted by atomic mass is 35.5. The molecule has 5 nitrogen and oxygen atoms in total. The fourth-order valence-electron chi connectivity index (χ4n) is 3.61. The molecule has 0 radical (unpaired) electrons. The van der Waals surface area contributed by atoms with Gasteiger partial charge in [0.25, 0.3) is 11.7 Å². The lowest BCUT2D eigenvalue weighted by Gasteiger charge is -2.32. The maximum Gasteiger partial charge on any atom is 0.292 e. The van der Waals surface area contributed by atoms with E-state index in [1.54, 1.807) is 17.0 Å². The van der Waals surface area contributed by atoms with Crippen molar-refractivity contribution in [3.8, 4) is 5.75 Å². The van der Waals surface area contributed by atoms with E-state index in [0.29, 0.717) is 54.1 Å². The average molecular weight is 422 g/mol. The molecule has 7 heteroatoms. The largest absolute Gasteiger partial charge is 0.494 e. The van der Waals surface area contributed by atoms with E-state index in [0.717, 1.165) is 17.7 Å². The van der Waals surface area contributed by atoms with Crippen LogP contribution in [0.3, 0.4) is 0 Å². The highest BCUT2D eigenvalue weighted by Crippen LogP contribution is 2.50. The summed E-state index contributed by atoms with van der Waals surface area (Å²) in [4.78, 5) is 14.9. The molecule has 1 saturated heterocycles. The van der Waals surface area contributed by atoms with E-state index in [4.69, 9.17) is 37.4 Å². The van der Waals surface area contributed by atoms with Crippen LogP contribution >= 0.6 is 23.2 Å². The Hall–Kier alpha value is -1.79. The molecule has 2 aromatic carbocycles. The van der Waals surface area contributed by atoms with Crippen molar-refractivity contribution in [2.75, 3.05) is 31.3 Å². The van der Waals surface area contributed by atoms with Gasteiger partial charge in [0.05, 0.1) is 35.6 Å². The zero-order chi connectivity index (χ0) is 19.7. The quantitative estimate of drug-likeness (QED) is 0.655. The van der Waals surface area contributed by atoms with Gasteiger partial charge in [-0.15, -0.1) is 0 Å². The van der Waals surface area contributed by atoms with Gasteiger partial charge in [-0.2, -0.15) is 0 Å². The van der Waals surface area contributed by atoms with Gasteiger partial charge in [0.15, 0.2) is 0 Å². The molecule has 1 spiro atoms. The number of carbonyl (C=O) groups excluding carboxylic acids is 1.